The summed E-state index contributed by atoms with van der Waals surface area (Å²) >= 11 is 0. The van der Waals surface area contributed by atoms with Crippen LogP contribution in [-0.4, -0.2) is 56.0 Å². The Balaban J connectivity index is 1.56. The summed E-state index contributed by atoms with van der Waals surface area (Å²) in [6.45, 7) is 1.18. The molecule has 138 valence electrons. The van der Waals surface area contributed by atoms with Gasteiger partial charge in [-0.3, -0.25) is 4.79 Å². The lowest BCUT2D eigenvalue weighted by atomic mass is 9.98. The molecule has 0 saturated carbocycles. The number of nitrogens with zero attached hydrogens (tertiary/aromatic N) is 2. The first-order valence-corrected chi connectivity index (χ1v) is 11.0. The molecule has 2 aromatic rings. The Morgan fingerprint density at radius 3 is 2.38 bits per heavy atom. The van der Waals surface area contributed by atoms with Gasteiger partial charge in [0.25, 0.3) is 5.91 Å². The minimum Gasteiger partial charge on any atom is -0.339 e. The molecule has 5 nitrogen and oxygen atoms in total. The van der Waals surface area contributed by atoms with E-state index in [1.54, 1.807) is 7.05 Å². The third-order valence-electron chi connectivity index (χ3n) is 5.90. The first kappa shape index (κ1) is 17.5. The summed E-state index contributed by atoms with van der Waals surface area (Å²) in [5.74, 6) is 0.0565. The van der Waals surface area contributed by atoms with Crippen LogP contribution >= 0.6 is 0 Å². The van der Waals surface area contributed by atoms with Crippen molar-refractivity contribution in [3.8, 4) is 0 Å². The van der Waals surface area contributed by atoms with Gasteiger partial charge in [0.05, 0.1) is 6.26 Å². The Kier molecular flexibility index (Phi) is 4.28. The van der Waals surface area contributed by atoms with Crippen molar-refractivity contribution in [1.82, 2.24) is 9.21 Å². The van der Waals surface area contributed by atoms with Gasteiger partial charge < -0.3 is 4.90 Å². The van der Waals surface area contributed by atoms with Crippen molar-refractivity contribution < 1.29 is 13.2 Å². The van der Waals surface area contributed by atoms with Gasteiger partial charge in [-0.1, -0.05) is 24.3 Å². The molecule has 1 saturated heterocycles. The molecule has 1 amide bonds. The second-order valence-electron chi connectivity index (χ2n) is 7.41. The molecule has 4 rings (SSSR count). The molecule has 26 heavy (non-hydrogen) atoms. The van der Waals surface area contributed by atoms with E-state index in [1.807, 2.05) is 23.1 Å². The van der Waals surface area contributed by atoms with Gasteiger partial charge >= 0.3 is 0 Å². The molecule has 1 fully saturated rings. The number of benzene rings is 2. The Labute approximate surface area is 154 Å². The topological polar surface area (TPSA) is 57.7 Å². The summed E-state index contributed by atoms with van der Waals surface area (Å²) in [4.78, 5) is 15.0. The number of hydrogen-bond donors (Lipinski definition) is 0. The molecule has 1 aliphatic carbocycles. The summed E-state index contributed by atoms with van der Waals surface area (Å²) in [6, 6.07) is 10.3. The van der Waals surface area contributed by atoms with Gasteiger partial charge in [0.15, 0.2) is 0 Å². The second kappa shape index (κ2) is 6.35. The van der Waals surface area contributed by atoms with Gasteiger partial charge in [-0.2, -0.15) is 0 Å². The summed E-state index contributed by atoms with van der Waals surface area (Å²) in [7, 11) is -1.57. The predicted octanol–water partition coefficient (Wildman–Crippen LogP) is 2.43. The number of sulfonamides is 1. The molecule has 0 radical (unpaired) electrons. The number of aryl methyl sites for hydroxylation is 2. The van der Waals surface area contributed by atoms with Gasteiger partial charge in [0, 0.05) is 31.7 Å². The maximum absolute atomic E-state index is 13.1. The van der Waals surface area contributed by atoms with Crippen LogP contribution in [0.15, 0.2) is 30.3 Å². The minimum absolute atomic E-state index is 0.0261. The number of hydrogen-bond acceptors (Lipinski definition) is 3. The standard InChI is InChI=1S/C20H24N2O3S/c1-21(26(2,24)25)16-10-12-22(13-11-16)20(23)18-9-8-15-7-6-14-4-3-5-17(18)19(14)15/h3-5,8-9,16H,6-7,10-13H2,1-2H3. The number of likely N-dealkylation sites (tertiary alicyclic amines) is 1. The maximum Gasteiger partial charge on any atom is 0.254 e. The zero-order valence-corrected chi connectivity index (χ0v) is 16.1. The van der Waals surface area contributed by atoms with Crippen LogP contribution in [0.3, 0.4) is 0 Å². The zero-order valence-electron chi connectivity index (χ0n) is 15.2. The average molecular weight is 372 g/mol. The van der Waals surface area contributed by atoms with Gasteiger partial charge in [0.2, 0.25) is 10.0 Å². The average Bonchev–Trinajstić information content (AvgIpc) is 3.05. The van der Waals surface area contributed by atoms with E-state index in [-0.39, 0.29) is 11.9 Å². The van der Waals surface area contributed by atoms with Crippen molar-refractivity contribution in [3.63, 3.8) is 0 Å². The number of carbonyl (C=O) groups excluding carboxylic acids is 1. The summed E-state index contributed by atoms with van der Waals surface area (Å²) in [6.07, 6.45) is 4.69. The third-order valence-corrected chi connectivity index (χ3v) is 7.24. The van der Waals surface area contributed by atoms with E-state index in [9.17, 15) is 13.2 Å². The van der Waals surface area contributed by atoms with Crippen molar-refractivity contribution in [2.75, 3.05) is 26.4 Å². The SMILES string of the molecule is CN(C1CCN(C(=O)c2ccc3c4c(cccc24)CC3)CC1)S(C)(=O)=O. The van der Waals surface area contributed by atoms with Gasteiger partial charge in [-0.05, 0) is 53.6 Å². The summed E-state index contributed by atoms with van der Waals surface area (Å²) in [5, 5.41) is 2.31. The quantitative estimate of drug-likeness (QED) is 0.831. The summed E-state index contributed by atoms with van der Waals surface area (Å²) in [5.41, 5.74) is 3.43. The highest BCUT2D eigenvalue weighted by Crippen LogP contribution is 2.33. The van der Waals surface area contributed by atoms with Crippen LogP contribution in [0.25, 0.3) is 10.8 Å². The highest BCUT2D eigenvalue weighted by Gasteiger charge is 2.30. The van der Waals surface area contributed by atoms with Crippen molar-refractivity contribution in [2.45, 2.75) is 31.7 Å². The number of carbonyl (C=O) groups is 1. The lowest BCUT2D eigenvalue weighted by molar-refractivity contribution is 0.0688. The number of piperidine rings is 1. The number of rotatable bonds is 3. The third kappa shape index (κ3) is 2.91. The highest BCUT2D eigenvalue weighted by molar-refractivity contribution is 7.88. The fourth-order valence-corrected chi connectivity index (χ4v) is 5.06. The largest absolute Gasteiger partial charge is 0.339 e. The fourth-order valence-electron chi connectivity index (χ4n) is 4.31. The molecule has 1 aliphatic heterocycles. The van der Waals surface area contributed by atoms with Gasteiger partial charge in [-0.15, -0.1) is 0 Å². The van der Waals surface area contributed by atoms with Gasteiger partial charge in [-0.25, -0.2) is 12.7 Å². The van der Waals surface area contributed by atoms with E-state index in [0.717, 1.165) is 23.8 Å². The lowest BCUT2D eigenvalue weighted by Gasteiger charge is -2.35. The van der Waals surface area contributed by atoms with Crippen LogP contribution < -0.4 is 0 Å². The van der Waals surface area contributed by atoms with Crippen molar-refractivity contribution in [3.05, 3.63) is 47.0 Å². The van der Waals surface area contributed by atoms with Crippen molar-refractivity contribution in [2.24, 2.45) is 0 Å². The zero-order chi connectivity index (χ0) is 18.5. The molecule has 0 aromatic heterocycles. The first-order chi connectivity index (χ1) is 12.4. The number of amides is 1. The van der Waals surface area contributed by atoms with Crippen LogP contribution in [0.2, 0.25) is 0 Å². The summed E-state index contributed by atoms with van der Waals surface area (Å²) < 4.78 is 24.9. The molecule has 2 aromatic carbocycles. The molecule has 0 unspecified atom stereocenters. The Morgan fingerprint density at radius 2 is 1.73 bits per heavy atom. The smallest absolute Gasteiger partial charge is 0.254 e. The molecule has 0 spiro atoms. The molecule has 1 heterocycles. The van der Waals surface area contributed by atoms with Crippen molar-refractivity contribution >= 4 is 26.7 Å². The monoisotopic (exact) mass is 372 g/mol. The molecule has 0 N–H and O–H groups in total. The van der Waals surface area contributed by atoms with Crippen LogP contribution in [0.4, 0.5) is 0 Å². The van der Waals surface area contributed by atoms with Crippen LogP contribution in [0.1, 0.15) is 34.3 Å². The molecular weight excluding hydrogens is 348 g/mol. The van der Waals surface area contributed by atoms with E-state index >= 15 is 0 Å². The minimum atomic E-state index is -3.19. The first-order valence-electron chi connectivity index (χ1n) is 9.12. The fraction of sp³-hybridized carbons (Fsp3) is 0.450. The Hall–Kier alpha value is -1.92. The second-order valence-corrected chi connectivity index (χ2v) is 9.46. The Morgan fingerprint density at radius 1 is 1.08 bits per heavy atom. The highest BCUT2D eigenvalue weighted by atomic mass is 32.2. The van der Waals surface area contributed by atoms with E-state index < -0.39 is 10.0 Å². The Bertz CT molecular complexity index is 966. The van der Waals surface area contributed by atoms with Crippen LogP contribution in [0.5, 0.6) is 0 Å². The molecule has 0 bridgehead atoms. The molecule has 2 aliphatic rings. The molecule has 0 atom stereocenters. The van der Waals surface area contributed by atoms with Crippen LogP contribution in [0, 0.1) is 0 Å². The van der Waals surface area contributed by atoms with E-state index in [1.165, 1.54) is 27.1 Å². The van der Waals surface area contributed by atoms with Crippen molar-refractivity contribution in [1.29, 1.82) is 0 Å². The molecule has 6 heteroatoms. The normalized spacial score (nSPS) is 18.0. The predicted molar refractivity (Wildman–Crippen MR) is 103 cm³/mol. The van der Waals surface area contributed by atoms with E-state index in [4.69, 9.17) is 0 Å². The molecular formula is C20H24N2O3S. The lowest BCUT2D eigenvalue weighted by Crippen LogP contribution is -2.47. The van der Waals surface area contributed by atoms with Crippen LogP contribution in [-0.2, 0) is 22.9 Å². The van der Waals surface area contributed by atoms with E-state index in [0.29, 0.717) is 25.9 Å². The van der Waals surface area contributed by atoms with E-state index in [2.05, 4.69) is 12.1 Å². The van der Waals surface area contributed by atoms with Gasteiger partial charge in [0.1, 0.15) is 0 Å². The maximum atomic E-state index is 13.1.